The second-order valence-corrected chi connectivity index (χ2v) is 4.57. The van der Waals surface area contributed by atoms with Crippen molar-refractivity contribution in [3.8, 4) is 0 Å². The van der Waals surface area contributed by atoms with Crippen LogP contribution in [0.2, 0.25) is 0 Å². The quantitative estimate of drug-likeness (QED) is 0.864. The maximum absolute atomic E-state index is 13.5. The van der Waals surface area contributed by atoms with Gasteiger partial charge in [0.2, 0.25) is 0 Å². The highest BCUT2D eigenvalue weighted by Gasteiger charge is 2.18. The van der Waals surface area contributed by atoms with E-state index in [1.807, 2.05) is 0 Å². The highest BCUT2D eigenvalue weighted by Crippen LogP contribution is 2.34. The van der Waals surface area contributed by atoms with Crippen LogP contribution in [0.4, 0.5) is 4.39 Å². The molecule has 0 amide bonds. The summed E-state index contributed by atoms with van der Waals surface area (Å²) in [5.74, 6) is -1.89. The number of hydrogen-bond acceptors (Lipinski definition) is 2. The summed E-state index contributed by atoms with van der Waals surface area (Å²) in [6, 6.07) is 5.12. The number of fused-ring (bicyclic) bond motifs is 1. The van der Waals surface area contributed by atoms with E-state index >= 15 is 0 Å². The summed E-state index contributed by atoms with van der Waals surface area (Å²) in [6.07, 6.45) is 0. The lowest BCUT2D eigenvalue weighted by molar-refractivity contribution is 0.0698. The van der Waals surface area contributed by atoms with Crippen molar-refractivity contribution in [1.29, 1.82) is 0 Å². The third kappa shape index (κ3) is 1.33. The van der Waals surface area contributed by atoms with E-state index in [9.17, 15) is 9.18 Å². The molecule has 14 heavy (non-hydrogen) atoms. The molecular formula is C9H4BrFO2S. The van der Waals surface area contributed by atoms with E-state index in [1.54, 1.807) is 18.2 Å². The molecule has 0 atom stereocenters. The first-order chi connectivity index (χ1) is 6.61. The molecule has 0 aliphatic rings. The smallest absolute Gasteiger partial charge is 0.348 e. The minimum absolute atomic E-state index is 0.244. The number of thiophene rings is 1. The zero-order chi connectivity index (χ0) is 10.3. The summed E-state index contributed by atoms with van der Waals surface area (Å²) in [7, 11) is 0. The highest BCUT2D eigenvalue weighted by atomic mass is 79.9. The lowest BCUT2D eigenvalue weighted by Crippen LogP contribution is -1.94. The molecular weight excluding hydrogens is 271 g/mol. The van der Waals surface area contributed by atoms with E-state index < -0.39 is 11.8 Å². The van der Waals surface area contributed by atoms with Crippen LogP contribution in [0.1, 0.15) is 9.67 Å². The van der Waals surface area contributed by atoms with Gasteiger partial charge in [0.05, 0.1) is 0 Å². The van der Waals surface area contributed by atoms with Crippen molar-refractivity contribution in [2.24, 2.45) is 0 Å². The van der Waals surface area contributed by atoms with Gasteiger partial charge in [-0.05, 0) is 12.1 Å². The molecule has 2 aromatic rings. The van der Waals surface area contributed by atoms with Crippen LogP contribution in [0.25, 0.3) is 10.1 Å². The van der Waals surface area contributed by atoms with Gasteiger partial charge in [0.1, 0.15) is 4.88 Å². The van der Waals surface area contributed by atoms with Gasteiger partial charge in [0.15, 0.2) is 5.82 Å². The molecule has 0 saturated carbocycles. The van der Waals surface area contributed by atoms with Crippen molar-refractivity contribution in [3.05, 3.63) is 33.4 Å². The van der Waals surface area contributed by atoms with Crippen LogP contribution in [0, 0.1) is 5.82 Å². The number of rotatable bonds is 1. The van der Waals surface area contributed by atoms with Crippen LogP contribution < -0.4 is 0 Å². The summed E-state index contributed by atoms with van der Waals surface area (Å²) >= 11 is 4.13. The van der Waals surface area contributed by atoms with Crippen LogP contribution >= 0.6 is 27.3 Å². The van der Waals surface area contributed by atoms with Crippen LogP contribution in [0.3, 0.4) is 0 Å². The molecule has 0 aliphatic carbocycles. The summed E-state index contributed by atoms with van der Waals surface area (Å²) in [4.78, 5) is 10.4. The molecule has 2 nitrogen and oxygen atoms in total. The molecule has 1 N–H and O–H groups in total. The van der Waals surface area contributed by atoms with Gasteiger partial charge in [-0.1, -0.05) is 22.0 Å². The van der Waals surface area contributed by atoms with Crippen LogP contribution in [-0.2, 0) is 0 Å². The zero-order valence-corrected chi connectivity index (χ0v) is 9.15. The summed E-state index contributed by atoms with van der Waals surface area (Å²) in [5.41, 5.74) is 0. The predicted molar refractivity (Wildman–Crippen MR) is 56.4 cm³/mol. The Balaban J connectivity index is 2.87. The molecule has 0 saturated heterocycles. The summed E-state index contributed by atoms with van der Waals surface area (Å²) in [6.45, 7) is 0. The molecule has 0 fully saturated rings. The van der Waals surface area contributed by atoms with Gasteiger partial charge in [0.25, 0.3) is 0 Å². The fraction of sp³-hybridized carbons (Fsp3) is 0. The third-order valence-electron chi connectivity index (χ3n) is 1.80. The average molecular weight is 275 g/mol. The molecule has 0 unspecified atom stereocenters. The monoisotopic (exact) mass is 274 g/mol. The molecule has 0 spiro atoms. The van der Waals surface area contributed by atoms with E-state index in [0.717, 1.165) is 11.3 Å². The maximum atomic E-state index is 13.5. The zero-order valence-electron chi connectivity index (χ0n) is 6.75. The van der Waals surface area contributed by atoms with Crippen molar-refractivity contribution in [1.82, 2.24) is 0 Å². The maximum Gasteiger partial charge on any atom is 0.348 e. The summed E-state index contributed by atoms with van der Waals surface area (Å²) in [5, 5.41) is 9.06. The SMILES string of the molecule is O=C(O)c1sc2cccc(Br)c2c1F. The molecule has 72 valence electrons. The Bertz CT molecular complexity index is 521. The second-order valence-electron chi connectivity index (χ2n) is 2.66. The number of aromatic carboxylic acids is 1. The van der Waals surface area contributed by atoms with Crippen molar-refractivity contribution in [3.63, 3.8) is 0 Å². The number of carboxylic acid groups (broad SMARTS) is 1. The first kappa shape index (κ1) is 9.61. The van der Waals surface area contributed by atoms with Crippen molar-refractivity contribution in [2.45, 2.75) is 0 Å². The van der Waals surface area contributed by atoms with Gasteiger partial charge >= 0.3 is 5.97 Å². The molecule has 1 aromatic heterocycles. The van der Waals surface area contributed by atoms with E-state index in [2.05, 4.69) is 15.9 Å². The van der Waals surface area contributed by atoms with Gasteiger partial charge in [-0.2, -0.15) is 0 Å². The Morgan fingerprint density at radius 2 is 2.21 bits per heavy atom. The molecule has 2 rings (SSSR count). The van der Waals surface area contributed by atoms with Gasteiger partial charge < -0.3 is 5.11 Å². The fourth-order valence-electron chi connectivity index (χ4n) is 1.21. The fourth-order valence-corrected chi connectivity index (χ4v) is 2.83. The minimum Gasteiger partial charge on any atom is -0.477 e. The number of hydrogen-bond donors (Lipinski definition) is 1. The van der Waals surface area contributed by atoms with Gasteiger partial charge in [0, 0.05) is 14.6 Å². The second kappa shape index (κ2) is 3.33. The minimum atomic E-state index is -1.23. The van der Waals surface area contributed by atoms with Gasteiger partial charge in [-0.25, -0.2) is 9.18 Å². The number of halogens is 2. The normalized spacial score (nSPS) is 10.7. The Hall–Kier alpha value is -0.940. The Morgan fingerprint density at radius 3 is 2.79 bits per heavy atom. The van der Waals surface area contributed by atoms with Crippen LogP contribution in [0.5, 0.6) is 0 Å². The van der Waals surface area contributed by atoms with Crippen LogP contribution in [-0.4, -0.2) is 11.1 Å². The highest BCUT2D eigenvalue weighted by molar-refractivity contribution is 9.10. The number of carboxylic acids is 1. The van der Waals surface area contributed by atoms with Crippen LogP contribution in [0.15, 0.2) is 22.7 Å². The number of carbonyl (C=O) groups is 1. The first-order valence-corrected chi connectivity index (χ1v) is 5.32. The standard InChI is InChI=1S/C9H4BrFO2S/c10-4-2-1-3-5-6(4)7(11)8(14-5)9(12)13/h1-3H,(H,12,13). The van der Waals surface area contributed by atoms with Crippen molar-refractivity contribution < 1.29 is 14.3 Å². The lowest BCUT2D eigenvalue weighted by Gasteiger charge is -1.92. The van der Waals surface area contributed by atoms with E-state index in [4.69, 9.17) is 5.11 Å². The Morgan fingerprint density at radius 1 is 1.50 bits per heavy atom. The topological polar surface area (TPSA) is 37.3 Å². The van der Waals surface area contributed by atoms with E-state index in [0.29, 0.717) is 14.6 Å². The molecule has 1 heterocycles. The molecule has 0 bridgehead atoms. The van der Waals surface area contributed by atoms with Crippen molar-refractivity contribution in [2.75, 3.05) is 0 Å². The molecule has 0 aliphatic heterocycles. The Labute approximate surface area is 91.1 Å². The molecule has 0 radical (unpaired) electrons. The van der Waals surface area contributed by atoms with E-state index in [1.165, 1.54) is 0 Å². The van der Waals surface area contributed by atoms with Gasteiger partial charge in [-0.3, -0.25) is 0 Å². The van der Waals surface area contributed by atoms with Gasteiger partial charge in [-0.15, -0.1) is 11.3 Å². The summed E-state index contributed by atoms with van der Waals surface area (Å²) < 4.78 is 14.8. The largest absolute Gasteiger partial charge is 0.477 e. The van der Waals surface area contributed by atoms with Crippen molar-refractivity contribution >= 4 is 43.3 Å². The first-order valence-electron chi connectivity index (χ1n) is 3.71. The van der Waals surface area contributed by atoms with E-state index in [-0.39, 0.29) is 4.88 Å². The predicted octanol–water partition coefficient (Wildman–Crippen LogP) is 3.50. The lowest BCUT2D eigenvalue weighted by atomic mass is 10.2. The third-order valence-corrected chi connectivity index (χ3v) is 3.58. The Kier molecular flexibility index (Phi) is 2.28. The number of benzene rings is 1. The molecule has 5 heteroatoms. The average Bonchev–Trinajstić information content (AvgIpc) is 2.45. The molecule has 1 aromatic carbocycles.